The number of hydrogen-bond acceptors (Lipinski definition) is 5. The molecule has 1 aliphatic rings. The fraction of sp³-hybridized carbons (Fsp3) is 0.529. The van der Waals surface area contributed by atoms with Crippen molar-refractivity contribution < 1.29 is 9.53 Å². The van der Waals surface area contributed by atoms with Gasteiger partial charge in [0.1, 0.15) is 18.2 Å². The third kappa shape index (κ3) is 4.17. The van der Waals surface area contributed by atoms with E-state index in [1.165, 1.54) is 0 Å². The highest BCUT2D eigenvalue weighted by atomic mass is 16.5. The Morgan fingerprint density at radius 2 is 2.33 bits per heavy atom. The number of ether oxygens (including phenoxy) is 1. The zero-order chi connectivity index (χ0) is 16.8. The molecule has 2 aromatic rings. The van der Waals surface area contributed by atoms with Crippen molar-refractivity contribution in [1.82, 2.24) is 24.8 Å². The van der Waals surface area contributed by atoms with Crippen LogP contribution in [0.2, 0.25) is 0 Å². The van der Waals surface area contributed by atoms with Gasteiger partial charge in [-0.25, -0.2) is 15.0 Å². The fourth-order valence-electron chi connectivity index (χ4n) is 2.85. The molecular formula is C17H23N5O2. The minimum absolute atomic E-state index is 0.0520. The Morgan fingerprint density at radius 1 is 1.42 bits per heavy atom. The summed E-state index contributed by atoms with van der Waals surface area (Å²) in [7, 11) is 0. The lowest BCUT2D eigenvalue weighted by molar-refractivity contribution is -0.121. The molecule has 0 aromatic carbocycles. The second kappa shape index (κ2) is 8.01. The van der Waals surface area contributed by atoms with E-state index in [1.54, 1.807) is 12.4 Å². The molecule has 1 N–H and O–H groups in total. The summed E-state index contributed by atoms with van der Waals surface area (Å²) in [6.45, 7) is 4.19. The number of nitrogens with one attached hydrogen (secondary N) is 1. The SMILES string of the molecule is CCc1nccn1CC(=O)NCc1ccnc([C@H]2CCCOC2)n1. The number of rotatable bonds is 6. The molecule has 0 unspecified atom stereocenters. The topological polar surface area (TPSA) is 81.9 Å². The number of carbonyl (C=O) groups excluding carboxylic acids is 1. The first-order valence-electron chi connectivity index (χ1n) is 8.42. The first-order valence-corrected chi connectivity index (χ1v) is 8.42. The molecule has 1 saturated heterocycles. The van der Waals surface area contributed by atoms with Gasteiger partial charge in [0.2, 0.25) is 5.91 Å². The van der Waals surface area contributed by atoms with Gasteiger partial charge in [-0.15, -0.1) is 0 Å². The molecule has 0 spiro atoms. The molecule has 3 rings (SSSR count). The van der Waals surface area contributed by atoms with Gasteiger partial charge in [-0.05, 0) is 18.9 Å². The highest BCUT2D eigenvalue weighted by Crippen LogP contribution is 2.22. The lowest BCUT2D eigenvalue weighted by Crippen LogP contribution is -2.28. The second-order valence-electron chi connectivity index (χ2n) is 5.92. The van der Waals surface area contributed by atoms with Crippen LogP contribution in [0.3, 0.4) is 0 Å². The van der Waals surface area contributed by atoms with Crippen LogP contribution in [0.15, 0.2) is 24.7 Å². The van der Waals surface area contributed by atoms with Gasteiger partial charge in [0, 0.05) is 37.5 Å². The van der Waals surface area contributed by atoms with Crippen LogP contribution in [-0.4, -0.2) is 38.6 Å². The smallest absolute Gasteiger partial charge is 0.240 e. The zero-order valence-electron chi connectivity index (χ0n) is 13.9. The molecule has 0 saturated carbocycles. The Bertz CT molecular complexity index is 679. The maximum absolute atomic E-state index is 12.1. The summed E-state index contributed by atoms with van der Waals surface area (Å²) in [6, 6.07) is 1.84. The monoisotopic (exact) mass is 329 g/mol. The van der Waals surface area contributed by atoms with E-state index in [4.69, 9.17) is 4.74 Å². The third-order valence-corrected chi connectivity index (χ3v) is 4.16. The molecule has 3 heterocycles. The van der Waals surface area contributed by atoms with Crippen LogP contribution >= 0.6 is 0 Å². The maximum atomic E-state index is 12.1. The highest BCUT2D eigenvalue weighted by Gasteiger charge is 2.19. The van der Waals surface area contributed by atoms with E-state index < -0.39 is 0 Å². The van der Waals surface area contributed by atoms with Gasteiger partial charge in [0.15, 0.2) is 0 Å². The van der Waals surface area contributed by atoms with Crippen molar-refractivity contribution >= 4 is 5.91 Å². The molecule has 1 aliphatic heterocycles. The fourth-order valence-corrected chi connectivity index (χ4v) is 2.85. The van der Waals surface area contributed by atoms with E-state index in [2.05, 4.69) is 20.3 Å². The third-order valence-electron chi connectivity index (χ3n) is 4.16. The van der Waals surface area contributed by atoms with Gasteiger partial charge in [0.05, 0.1) is 18.8 Å². The van der Waals surface area contributed by atoms with Crippen molar-refractivity contribution in [2.45, 2.75) is 45.2 Å². The van der Waals surface area contributed by atoms with E-state index >= 15 is 0 Å². The van der Waals surface area contributed by atoms with Gasteiger partial charge >= 0.3 is 0 Å². The number of hydrogen-bond donors (Lipinski definition) is 1. The van der Waals surface area contributed by atoms with Crippen molar-refractivity contribution in [3.63, 3.8) is 0 Å². The number of aromatic nitrogens is 4. The van der Waals surface area contributed by atoms with Crippen molar-refractivity contribution in [1.29, 1.82) is 0 Å². The minimum atomic E-state index is -0.0520. The van der Waals surface area contributed by atoms with Crippen LogP contribution < -0.4 is 5.32 Å². The summed E-state index contributed by atoms with van der Waals surface area (Å²) in [5, 5.41) is 2.91. The summed E-state index contributed by atoms with van der Waals surface area (Å²) in [4.78, 5) is 25.3. The lowest BCUT2D eigenvalue weighted by Gasteiger charge is -2.20. The summed E-state index contributed by atoms with van der Waals surface area (Å²) in [6.07, 6.45) is 8.19. The van der Waals surface area contributed by atoms with Crippen LogP contribution in [0.5, 0.6) is 0 Å². The Kier molecular flexibility index (Phi) is 5.53. The van der Waals surface area contributed by atoms with Gasteiger partial charge in [-0.3, -0.25) is 4.79 Å². The van der Waals surface area contributed by atoms with Crippen LogP contribution in [0.4, 0.5) is 0 Å². The summed E-state index contributed by atoms with van der Waals surface area (Å²) >= 11 is 0. The van der Waals surface area contributed by atoms with Gasteiger partial charge in [-0.2, -0.15) is 0 Å². The van der Waals surface area contributed by atoms with E-state index in [0.29, 0.717) is 13.2 Å². The number of aryl methyl sites for hydroxylation is 1. The van der Waals surface area contributed by atoms with Crippen molar-refractivity contribution in [2.24, 2.45) is 0 Å². The number of carbonyl (C=O) groups is 1. The lowest BCUT2D eigenvalue weighted by atomic mass is 10.0. The normalized spacial score (nSPS) is 17.6. The van der Waals surface area contributed by atoms with E-state index in [0.717, 1.165) is 43.2 Å². The molecule has 1 fully saturated rings. The molecule has 1 atom stereocenters. The molecule has 1 amide bonds. The van der Waals surface area contributed by atoms with Crippen molar-refractivity contribution in [2.75, 3.05) is 13.2 Å². The molecule has 7 nitrogen and oxygen atoms in total. The standard InChI is InChI=1S/C17H23N5O2/c1-2-15-18-7-8-22(15)11-16(23)20-10-14-5-6-19-17(21-14)13-4-3-9-24-12-13/h5-8,13H,2-4,9-12H2,1H3,(H,20,23)/t13-/m0/s1. The van der Waals surface area contributed by atoms with Crippen LogP contribution in [-0.2, 0) is 29.0 Å². The molecule has 7 heteroatoms. The molecular weight excluding hydrogens is 306 g/mol. The van der Waals surface area contributed by atoms with Crippen LogP contribution in [0.25, 0.3) is 0 Å². The summed E-state index contributed by atoms with van der Waals surface area (Å²) < 4.78 is 7.36. The second-order valence-corrected chi connectivity index (χ2v) is 5.92. The minimum Gasteiger partial charge on any atom is -0.381 e. The number of imidazole rings is 1. The maximum Gasteiger partial charge on any atom is 0.240 e. The van der Waals surface area contributed by atoms with Gasteiger partial charge < -0.3 is 14.6 Å². The average molecular weight is 329 g/mol. The largest absolute Gasteiger partial charge is 0.381 e. The molecule has 0 radical (unpaired) electrons. The highest BCUT2D eigenvalue weighted by molar-refractivity contribution is 5.75. The summed E-state index contributed by atoms with van der Waals surface area (Å²) in [5.74, 6) is 1.92. The van der Waals surface area contributed by atoms with E-state index in [-0.39, 0.29) is 18.4 Å². The molecule has 0 bridgehead atoms. The van der Waals surface area contributed by atoms with Crippen LogP contribution in [0, 0.1) is 0 Å². The molecule has 128 valence electrons. The van der Waals surface area contributed by atoms with Crippen LogP contribution in [0.1, 0.15) is 43.0 Å². The summed E-state index contributed by atoms with van der Waals surface area (Å²) in [5.41, 5.74) is 0.820. The zero-order valence-corrected chi connectivity index (χ0v) is 13.9. The predicted molar refractivity (Wildman–Crippen MR) is 88.3 cm³/mol. The number of amides is 1. The van der Waals surface area contributed by atoms with Crippen molar-refractivity contribution in [3.05, 3.63) is 42.0 Å². The Morgan fingerprint density at radius 3 is 3.12 bits per heavy atom. The number of nitrogens with zero attached hydrogens (tertiary/aromatic N) is 4. The van der Waals surface area contributed by atoms with Gasteiger partial charge in [0.25, 0.3) is 0 Å². The molecule has 2 aromatic heterocycles. The molecule has 0 aliphatic carbocycles. The van der Waals surface area contributed by atoms with Crippen molar-refractivity contribution in [3.8, 4) is 0 Å². The Hall–Kier alpha value is -2.28. The molecule has 24 heavy (non-hydrogen) atoms. The average Bonchev–Trinajstić information content (AvgIpc) is 3.08. The van der Waals surface area contributed by atoms with E-state index in [9.17, 15) is 4.79 Å². The first-order chi connectivity index (χ1) is 11.8. The Labute approximate surface area is 141 Å². The first kappa shape index (κ1) is 16.6. The predicted octanol–water partition coefficient (Wildman–Crippen LogP) is 1.45. The quantitative estimate of drug-likeness (QED) is 0.867. The van der Waals surface area contributed by atoms with E-state index in [1.807, 2.05) is 23.8 Å². The van der Waals surface area contributed by atoms with Gasteiger partial charge in [-0.1, -0.05) is 6.92 Å². The Balaban J connectivity index is 1.55.